The zero-order valence-corrected chi connectivity index (χ0v) is 16.3. The normalized spacial score (nSPS) is 11.3. The molecule has 0 saturated carbocycles. The third-order valence-electron chi connectivity index (χ3n) is 5.86. The van der Waals surface area contributed by atoms with Crippen LogP contribution in [0.5, 0.6) is 11.5 Å². The van der Waals surface area contributed by atoms with Crippen LogP contribution in [0.25, 0.3) is 22.3 Å². The average molecular weight is 352 g/mol. The Balaban J connectivity index is 2.56. The van der Waals surface area contributed by atoms with Gasteiger partial charge in [-0.2, -0.15) is 0 Å². The molecule has 136 valence electrons. The van der Waals surface area contributed by atoms with Gasteiger partial charge in [0.2, 0.25) is 11.2 Å². The van der Waals surface area contributed by atoms with Gasteiger partial charge in [0.15, 0.2) is 5.76 Å². The van der Waals surface area contributed by atoms with Crippen molar-refractivity contribution >= 4 is 11.0 Å². The van der Waals surface area contributed by atoms with Crippen LogP contribution in [0.4, 0.5) is 0 Å². The summed E-state index contributed by atoms with van der Waals surface area (Å²) in [6.45, 7) is 13.7. The number of rotatable bonds is 1. The van der Waals surface area contributed by atoms with Crippen molar-refractivity contribution in [3.05, 3.63) is 55.2 Å². The van der Waals surface area contributed by atoms with Gasteiger partial charge in [-0.25, -0.2) is 0 Å². The first kappa shape index (κ1) is 18.1. The van der Waals surface area contributed by atoms with Crippen molar-refractivity contribution in [2.45, 2.75) is 48.5 Å². The lowest BCUT2D eigenvalue weighted by Crippen LogP contribution is -2.07. The van der Waals surface area contributed by atoms with Crippen molar-refractivity contribution in [1.82, 2.24) is 0 Å². The van der Waals surface area contributed by atoms with E-state index >= 15 is 0 Å². The van der Waals surface area contributed by atoms with Gasteiger partial charge >= 0.3 is 0 Å². The van der Waals surface area contributed by atoms with Gasteiger partial charge in [-0.15, -0.1) is 0 Å². The van der Waals surface area contributed by atoms with Gasteiger partial charge in [-0.1, -0.05) is 0 Å². The summed E-state index contributed by atoms with van der Waals surface area (Å²) in [7, 11) is 0. The Morgan fingerprint density at radius 1 is 0.769 bits per heavy atom. The minimum atomic E-state index is -0.614. The summed E-state index contributed by atoms with van der Waals surface area (Å²) >= 11 is 0. The van der Waals surface area contributed by atoms with E-state index in [-0.39, 0.29) is 16.9 Å². The minimum absolute atomic E-state index is 0.0187. The van der Waals surface area contributed by atoms with Gasteiger partial charge in [0.05, 0.1) is 0 Å². The number of phenolic OH excluding ortho intramolecular Hbond substituents is 1. The van der Waals surface area contributed by atoms with Crippen LogP contribution in [0.3, 0.4) is 0 Å². The summed E-state index contributed by atoms with van der Waals surface area (Å²) in [6, 6.07) is 1.52. The molecule has 0 fully saturated rings. The lowest BCUT2D eigenvalue weighted by Gasteiger charge is -2.19. The van der Waals surface area contributed by atoms with E-state index < -0.39 is 11.2 Å². The smallest absolute Gasteiger partial charge is 0.238 e. The predicted octanol–water partition coefficient (Wildman–Crippen LogP) is 5.03. The van der Waals surface area contributed by atoms with Crippen molar-refractivity contribution in [1.29, 1.82) is 0 Å². The number of hydrogen-bond acceptors (Lipinski definition) is 4. The molecule has 2 aromatic carbocycles. The molecule has 3 rings (SSSR count). The van der Waals surface area contributed by atoms with E-state index in [9.17, 15) is 15.0 Å². The topological polar surface area (TPSA) is 70.7 Å². The van der Waals surface area contributed by atoms with E-state index in [4.69, 9.17) is 4.42 Å². The van der Waals surface area contributed by atoms with Gasteiger partial charge in [-0.3, -0.25) is 4.79 Å². The zero-order valence-electron chi connectivity index (χ0n) is 16.3. The number of phenols is 1. The highest BCUT2D eigenvalue weighted by molar-refractivity contribution is 5.90. The van der Waals surface area contributed by atoms with Crippen LogP contribution in [-0.4, -0.2) is 10.2 Å². The second-order valence-corrected chi connectivity index (χ2v) is 7.15. The third kappa shape index (κ3) is 2.32. The number of fused-ring (bicyclic) bond motifs is 1. The van der Waals surface area contributed by atoms with Crippen LogP contribution in [0.1, 0.15) is 38.9 Å². The summed E-state index contributed by atoms with van der Waals surface area (Å²) in [4.78, 5) is 12.8. The second-order valence-electron chi connectivity index (χ2n) is 7.15. The predicted molar refractivity (Wildman–Crippen MR) is 104 cm³/mol. The Bertz CT molecular complexity index is 1100. The Labute approximate surface area is 152 Å². The molecule has 0 atom stereocenters. The Morgan fingerprint density at radius 2 is 1.27 bits per heavy atom. The Hall–Kier alpha value is -2.75. The Morgan fingerprint density at radius 3 is 1.81 bits per heavy atom. The van der Waals surface area contributed by atoms with Crippen molar-refractivity contribution in [2.24, 2.45) is 0 Å². The van der Waals surface area contributed by atoms with Crippen LogP contribution in [-0.2, 0) is 0 Å². The number of aromatic hydroxyl groups is 2. The summed E-state index contributed by atoms with van der Waals surface area (Å²) in [5.41, 5.74) is 7.37. The van der Waals surface area contributed by atoms with Crippen LogP contribution >= 0.6 is 0 Å². The molecule has 26 heavy (non-hydrogen) atoms. The van der Waals surface area contributed by atoms with Crippen molar-refractivity contribution in [3.8, 4) is 22.8 Å². The van der Waals surface area contributed by atoms with Gasteiger partial charge in [0, 0.05) is 5.56 Å². The molecule has 0 radical (unpaired) electrons. The van der Waals surface area contributed by atoms with Crippen LogP contribution < -0.4 is 5.43 Å². The highest BCUT2D eigenvalue weighted by atomic mass is 16.4. The molecule has 0 aliphatic heterocycles. The van der Waals surface area contributed by atoms with E-state index in [1.807, 2.05) is 41.5 Å². The minimum Gasteiger partial charge on any atom is -0.507 e. The number of benzene rings is 2. The molecule has 0 bridgehead atoms. The fourth-order valence-corrected chi connectivity index (χ4v) is 3.60. The maximum absolute atomic E-state index is 12.8. The lowest BCUT2D eigenvalue weighted by atomic mass is 9.88. The lowest BCUT2D eigenvalue weighted by molar-refractivity contribution is 0.444. The summed E-state index contributed by atoms with van der Waals surface area (Å²) in [6.07, 6.45) is 0. The van der Waals surface area contributed by atoms with Crippen molar-refractivity contribution in [2.75, 3.05) is 0 Å². The molecule has 0 aliphatic carbocycles. The molecule has 3 aromatic rings. The third-order valence-corrected chi connectivity index (χ3v) is 5.86. The number of hydrogen-bond donors (Lipinski definition) is 2. The highest BCUT2D eigenvalue weighted by Crippen LogP contribution is 2.40. The largest absolute Gasteiger partial charge is 0.507 e. The summed E-state index contributed by atoms with van der Waals surface area (Å²) < 4.78 is 6.05. The molecule has 0 unspecified atom stereocenters. The second kappa shape index (κ2) is 5.90. The molecular formula is C22H24O4. The van der Waals surface area contributed by atoms with E-state index in [0.29, 0.717) is 5.58 Å². The number of aryl methyl sites for hydroxylation is 2. The van der Waals surface area contributed by atoms with Crippen molar-refractivity contribution < 1.29 is 14.6 Å². The van der Waals surface area contributed by atoms with E-state index in [1.54, 1.807) is 0 Å². The quantitative estimate of drug-likeness (QED) is 0.644. The highest BCUT2D eigenvalue weighted by Gasteiger charge is 2.24. The first-order valence-corrected chi connectivity index (χ1v) is 8.64. The fraction of sp³-hybridized carbons (Fsp3) is 0.318. The average Bonchev–Trinajstić information content (AvgIpc) is 2.59. The van der Waals surface area contributed by atoms with E-state index in [0.717, 1.165) is 38.9 Å². The molecule has 0 amide bonds. The van der Waals surface area contributed by atoms with Crippen LogP contribution in [0.2, 0.25) is 0 Å². The molecule has 0 saturated heterocycles. The van der Waals surface area contributed by atoms with Crippen LogP contribution in [0, 0.1) is 48.5 Å². The zero-order chi connectivity index (χ0) is 19.5. The maximum atomic E-state index is 12.8. The van der Waals surface area contributed by atoms with Gasteiger partial charge in [0.1, 0.15) is 16.7 Å². The molecule has 4 heteroatoms. The van der Waals surface area contributed by atoms with Gasteiger partial charge in [-0.05, 0) is 93.5 Å². The monoisotopic (exact) mass is 352 g/mol. The Kier molecular flexibility index (Phi) is 4.10. The van der Waals surface area contributed by atoms with E-state index in [1.165, 1.54) is 11.6 Å². The summed E-state index contributed by atoms with van der Waals surface area (Å²) in [5, 5.41) is 20.8. The molecular weight excluding hydrogens is 328 g/mol. The molecule has 1 aromatic heterocycles. The SMILES string of the molecule is Cc1cc(O)c2c(=O)c(O)c(-c3c(C)c(C)c(C)c(C)c3C)oc2c1C. The molecule has 2 N–H and O–H groups in total. The van der Waals surface area contributed by atoms with Gasteiger partial charge < -0.3 is 14.6 Å². The molecule has 1 heterocycles. The maximum Gasteiger partial charge on any atom is 0.238 e. The first-order valence-electron chi connectivity index (χ1n) is 8.64. The summed E-state index contributed by atoms with van der Waals surface area (Å²) in [5.74, 6) is -0.481. The van der Waals surface area contributed by atoms with Crippen LogP contribution in [0.15, 0.2) is 15.3 Å². The molecule has 0 aliphatic rings. The molecule has 0 spiro atoms. The standard InChI is InChI=1S/C22H24O4/c1-9-8-16(23)18-19(24)20(25)22(26-21(18)10(9)2)17-14(6)12(4)11(3)13(5)15(17)7/h8,23,25H,1-7H3. The van der Waals surface area contributed by atoms with Crippen molar-refractivity contribution in [3.63, 3.8) is 0 Å². The fourth-order valence-electron chi connectivity index (χ4n) is 3.60. The van der Waals surface area contributed by atoms with E-state index in [2.05, 4.69) is 6.92 Å². The first-order chi connectivity index (χ1) is 12.1. The van der Waals surface area contributed by atoms with Gasteiger partial charge in [0.25, 0.3) is 0 Å². The molecule has 4 nitrogen and oxygen atoms in total.